The Morgan fingerprint density at radius 1 is 0.941 bits per heavy atom. The van der Waals surface area contributed by atoms with Crippen molar-refractivity contribution in [2.24, 2.45) is 0 Å². The quantitative estimate of drug-likeness (QED) is 0.524. The van der Waals surface area contributed by atoms with E-state index in [0.29, 0.717) is 12.1 Å². The molecule has 0 fully saturated rings. The molecule has 0 unspecified atom stereocenters. The van der Waals surface area contributed by atoms with E-state index in [2.05, 4.69) is 0 Å². The van der Waals surface area contributed by atoms with Crippen molar-refractivity contribution in [1.29, 1.82) is 0 Å². The van der Waals surface area contributed by atoms with E-state index in [4.69, 9.17) is 14.8 Å². The van der Waals surface area contributed by atoms with E-state index in [1.807, 2.05) is 0 Å². The summed E-state index contributed by atoms with van der Waals surface area (Å²) in [5.74, 6) is -2.99. The molecule has 0 spiro atoms. The molecule has 1 radical (unpaired) electrons. The first-order chi connectivity index (χ1) is 7.21. The van der Waals surface area contributed by atoms with Crippen LogP contribution in [0.4, 0.5) is 0 Å². The molecular weight excluding hydrogens is 279 g/mol. The molecule has 1 rings (SSSR count). The van der Waals surface area contributed by atoms with Gasteiger partial charge in [0.1, 0.15) is 0 Å². The monoisotopic (exact) mass is 285 g/mol. The number of aromatic carboxylic acids is 2. The SMILES string of the molecule is O=C(O)c1cc(C(=O)O)cc(S(=O)(=O)O)c1.[K]. The Morgan fingerprint density at radius 3 is 1.53 bits per heavy atom. The van der Waals surface area contributed by atoms with Gasteiger partial charge in [-0.1, -0.05) is 0 Å². The van der Waals surface area contributed by atoms with Crippen LogP contribution in [0.15, 0.2) is 23.1 Å². The summed E-state index contributed by atoms with van der Waals surface area (Å²) >= 11 is 0. The molecule has 0 bridgehead atoms. The van der Waals surface area contributed by atoms with Crippen molar-refractivity contribution in [2.75, 3.05) is 0 Å². The number of carbonyl (C=O) groups is 2. The van der Waals surface area contributed by atoms with Gasteiger partial charge in [0, 0.05) is 51.4 Å². The first-order valence-electron chi connectivity index (χ1n) is 3.81. The van der Waals surface area contributed by atoms with Gasteiger partial charge in [-0.15, -0.1) is 0 Å². The third kappa shape index (κ3) is 4.47. The maximum atomic E-state index is 10.8. The summed E-state index contributed by atoms with van der Waals surface area (Å²) in [6.45, 7) is 0. The Labute approximate surface area is 139 Å². The molecule has 17 heavy (non-hydrogen) atoms. The van der Waals surface area contributed by atoms with Gasteiger partial charge < -0.3 is 10.2 Å². The summed E-state index contributed by atoms with van der Waals surface area (Å²) in [6, 6.07) is 2.13. The predicted octanol–water partition coefficient (Wildman–Crippen LogP) is -0.0511. The fourth-order valence-electron chi connectivity index (χ4n) is 0.995. The van der Waals surface area contributed by atoms with Crippen LogP contribution in [0.5, 0.6) is 0 Å². The third-order valence-corrected chi connectivity index (χ3v) is 2.53. The van der Waals surface area contributed by atoms with E-state index in [1.54, 1.807) is 0 Å². The topological polar surface area (TPSA) is 129 Å². The number of benzene rings is 1. The Bertz CT molecular complexity index is 531. The van der Waals surface area contributed by atoms with Crippen molar-refractivity contribution in [3.8, 4) is 0 Å². The molecule has 1 aromatic rings. The maximum Gasteiger partial charge on any atom is 0.335 e. The Balaban J connectivity index is 0.00000256. The van der Waals surface area contributed by atoms with Crippen molar-refractivity contribution in [2.45, 2.75) is 4.90 Å². The average Bonchev–Trinajstić information content (AvgIpc) is 2.15. The minimum atomic E-state index is -4.64. The molecule has 1 aromatic carbocycles. The summed E-state index contributed by atoms with van der Waals surface area (Å²) in [5, 5.41) is 17.2. The van der Waals surface area contributed by atoms with Crippen LogP contribution in [-0.2, 0) is 10.1 Å². The first-order valence-corrected chi connectivity index (χ1v) is 5.25. The van der Waals surface area contributed by atoms with Gasteiger partial charge >= 0.3 is 11.9 Å². The van der Waals surface area contributed by atoms with Gasteiger partial charge in [-0.2, -0.15) is 8.42 Å². The number of hydrogen-bond acceptors (Lipinski definition) is 4. The van der Waals surface area contributed by atoms with Gasteiger partial charge in [0.15, 0.2) is 0 Å². The van der Waals surface area contributed by atoms with E-state index in [1.165, 1.54) is 0 Å². The summed E-state index contributed by atoms with van der Waals surface area (Å²) < 4.78 is 30.2. The molecule has 7 nitrogen and oxygen atoms in total. The zero-order chi connectivity index (χ0) is 12.5. The summed E-state index contributed by atoms with van der Waals surface area (Å²) in [7, 11) is -4.64. The molecule has 0 heterocycles. The van der Waals surface area contributed by atoms with Crippen molar-refractivity contribution in [3.63, 3.8) is 0 Å². The van der Waals surface area contributed by atoms with E-state index in [-0.39, 0.29) is 51.4 Å². The number of carboxylic acids is 2. The Hall–Kier alpha value is -0.294. The first kappa shape index (κ1) is 16.7. The van der Waals surface area contributed by atoms with Crippen molar-refractivity contribution < 1.29 is 32.8 Å². The van der Waals surface area contributed by atoms with Crippen molar-refractivity contribution in [1.82, 2.24) is 0 Å². The molecule has 0 amide bonds. The van der Waals surface area contributed by atoms with Crippen LogP contribution in [0.2, 0.25) is 0 Å². The Kier molecular flexibility index (Phi) is 5.94. The van der Waals surface area contributed by atoms with Crippen LogP contribution >= 0.6 is 0 Å². The fourth-order valence-corrected chi connectivity index (χ4v) is 1.55. The number of rotatable bonds is 3. The number of carboxylic acid groups (broad SMARTS) is 2. The van der Waals surface area contributed by atoms with Crippen LogP contribution in [0.3, 0.4) is 0 Å². The molecule has 0 atom stereocenters. The average molecular weight is 285 g/mol. The smallest absolute Gasteiger partial charge is 0.335 e. The maximum absolute atomic E-state index is 10.8. The summed E-state index contributed by atoms with van der Waals surface area (Å²) in [5.41, 5.74) is -1.07. The Morgan fingerprint density at radius 2 is 1.29 bits per heavy atom. The molecule has 0 aliphatic rings. The summed E-state index contributed by atoms with van der Waals surface area (Å²) in [6.07, 6.45) is 0. The van der Waals surface area contributed by atoms with Gasteiger partial charge in [0.2, 0.25) is 0 Å². The second-order valence-corrected chi connectivity index (χ2v) is 4.25. The second-order valence-electron chi connectivity index (χ2n) is 2.83. The van der Waals surface area contributed by atoms with Crippen LogP contribution in [0, 0.1) is 0 Å². The third-order valence-electron chi connectivity index (χ3n) is 1.70. The van der Waals surface area contributed by atoms with Crippen LogP contribution in [0.1, 0.15) is 20.7 Å². The molecule has 0 aromatic heterocycles. The minimum Gasteiger partial charge on any atom is -0.478 e. The predicted molar refractivity (Wildman–Crippen MR) is 55.9 cm³/mol. The molecule has 87 valence electrons. The van der Waals surface area contributed by atoms with Crippen molar-refractivity contribution >= 4 is 73.4 Å². The molecule has 0 aliphatic heterocycles. The zero-order valence-corrected chi connectivity index (χ0v) is 12.6. The van der Waals surface area contributed by atoms with E-state index >= 15 is 0 Å². The molecule has 3 N–H and O–H groups in total. The van der Waals surface area contributed by atoms with Crippen molar-refractivity contribution in [3.05, 3.63) is 29.3 Å². The van der Waals surface area contributed by atoms with Gasteiger partial charge in [-0.25, -0.2) is 9.59 Å². The second kappa shape index (κ2) is 6.04. The molecule has 0 saturated heterocycles. The van der Waals surface area contributed by atoms with Crippen LogP contribution < -0.4 is 0 Å². The fraction of sp³-hybridized carbons (Fsp3) is 0. The van der Waals surface area contributed by atoms with E-state index in [0.717, 1.165) is 6.07 Å². The summed E-state index contributed by atoms with van der Waals surface area (Å²) in [4.78, 5) is 20.4. The standard InChI is InChI=1S/C8H6O7S.K/c9-7(10)4-1-5(8(11)12)3-6(2-4)16(13,14)15;/h1-3H,(H,9,10)(H,11,12)(H,13,14,15);. The normalized spacial score (nSPS) is 10.4. The van der Waals surface area contributed by atoms with Gasteiger partial charge in [0.25, 0.3) is 10.1 Å². The van der Waals surface area contributed by atoms with E-state index < -0.39 is 38.1 Å². The van der Waals surface area contributed by atoms with Gasteiger partial charge in [-0.05, 0) is 18.2 Å². The molecule has 0 aliphatic carbocycles. The van der Waals surface area contributed by atoms with Crippen LogP contribution in [-0.4, -0.2) is 86.5 Å². The van der Waals surface area contributed by atoms with E-state index in [9.17, 15) is 18.0 Å². The molecule has 0 saturated carbocycles. The minimum absolute atomic E-state index is 0. The zero-order valence-electron chi connectivity index (χ0n) is 8.61. The van der Waals surface area contributed by atoms with Gasteiger partial charge in [-0.3, -0.25) is 4.55 Å². The molecule has 9 heteroatoms. The van der Waals surface area contributed by atoms with Crippen LogP contribution in [0.25, 0.3) is 0 Å². The molecular formula is C8H6KO7S. The van der Waals surface area contributed by atoms with Gasteiger partial charge in [0.05, 0.1) is 16.0 Å². The number of hydrogen-bond donors (Lipinski definition) is 3. The largest absolute Gasteiger partial charge is 0.478 e.